The number of rotatable bonds is 5. The van der Waals surface area contributed by atoms with Gasteiger partial charge in [-0.2, -0.15) is 0 Å². The van der Waals surface area contributed by atoms with Gasteiger partial charge >= 0.3 is 0 Å². The van der Waals surface area contributed by atoms with Crippen molar-refractivity contribution < 1.29 is 13.6 Å². The topological polar surface area (TPSA) is 61.5 Å². The molecule has 2 N–H and O–H groups in total. The van der Waals surface area contributed by atoms with Gasteiger partial charge in [-0.3, -0.25) is 0 Å². The largest absolute Gasteiger partial charge is 0.467 e. The average Bonchev–Trinajstić information content (AvgIpc) is 2.88. The van der Waals surface area contributed by atoms with Crippen molar-refractivity contribution in [3.8, 4) is 0 Å². The predicted molar refractivity (Wildman–Crippen MR) is 58.6 cm³/mol. The smallest absolute Gasteiger partial charge is 0.134 e. The van der Waals surface area contributed by atoms with Gasteiger partial charge in [0.1, 0.15) is 24.2 Å². The molecule has 16 heavy (non-hydrogen) atoms. The van der Waals surface area contributed by atoms with Crippen LogP contribution in [0.2, 0.25) is 0 Å². The predicted octanol–water partition coefficient (Wildman–Crippen LogP) is 2.48. The molecule has 2 rings (SSSR count). The van der Waals surface area contributed by atoms with Crippen molar-refractivity contribution in [2.75, 3.05) is 0 Å². The standard InChI is InChI=1S/C12H15NO3/c1-9(13)12(11-5-3-7-15-11)16-8-10-4-2-6-14-10/h2-7,9,12H,8,13H2,1H3. The summed E-state index contributed by atoms with van der Waals surface area (Å²) >= 11 is 0. The molecule has 2 heterocycles. The highest BCUT2D eigenvalue weighted by Gasteiger charge is 2.19. The molecule has 2 aromatic heterocycles. The molecule has 2 unspecified atom stereocenters. The van der Waals surface area contributed by atoms with E-state index < -0.39 is 0 Å². The maximum atomic E-state index is 5.85. The highest BCUT2D eigenvalue weighted by molar-refractivity contribution is 5.05. The van der Waals surface area contributed by atoms with E-state index in [2.05, 4.69) is 0 Å². The molecule has 4 heteroatoms. The lowest BCUT2D eigenvalue weighted by Gasteiger charge is -2.18. The van der Waals surface area contributed by atoms with Gasteiger partial charge in [0.2, 0.25) is 0 Å². The van der Waals surface area contributed by atoms with E-state index in [0.717, 1.165) is 11.5 Å². The number of hydrogen-bond donors (Lipinski definition) is 1. The van der Waals surface area contributed by atoms with Gasteiger partial charge in [-0.1, -0.05) is 0 Å². The molecule has 86 valence electrons. The second-order valence-corrected chi connectivity index (χ2v) is 3.69. The third-order valence-electron chi connectivity index (χ3n) is 2.29. The van der Waals surface area contributed by atoms with Crippen molar-refractivity contribution in [1.29, 1.82) is 0 Å². The Kier molecular flexibility index (Phi) is 3.44. The lowest BCUT2D eigenvalue weighted by atomic mass is 10.1. The maximum Gasteiger partial charge on any atom is 0.134 e. The summed E-state index contributed by atoms with van der Waals surface area (Å²) in [6.07, 6.45) is 2.98. The van der Waals surface area contributed by atoms with Gasteiger partial charge in [0, 0.05) is 6.04 Å². The molecule has 0 bridgehead atoms. The summed E-state index contributed by atoms with van der Waals surface area (Å²) in [5.74, 6) is 1.51. The van der Waals surface area contributed by atoms with E-state index in [9.17, 15) is 0 Å². The second kappa shape index (κ2) is 5.01. The van der Waals surface area contributed by atoms with Crippen LogP contribution in [0.15, 0.2) is 45.6 Å². The molecule has 0 aliphatic heterocycles. The average molecular weight is 221 g/mol. The van der Waals surface area contributed by atoms with E-state index in [1.54, 1.807) is 12.5 Å². The van der Waals surface area contributed by atoms with Gasteiger partial charge in [0.15, 0.2) is 0 Å². The minimum absolute atomic E-state index is 0.138. The fourth-order valence-electron chi connectivity index (χ4n) is 1.51. The van der Waals surface area contributed by atoms with Crippen LogP contribution in [0.1, 0.15) is 24.5 Å². The molecule has 0 saturated heterocycles. The number of hydrogen-bond acceptors (Lipinski definition) is 4. The molecule has 2 atom stereocenters. The Morgan fingerprint density at radius 2 is 2.00 bits per heavy atom. The number of furan rings is 2. The summed E-state index contributed by atoms with van der Waals surface area (Å²) in [5.41, 5.74) is 5.85. The SMILES string of the molecule is CC(N)C(OCc1ccco1)c1ccco1. The van der Waals surface area contributed by atoms with Gasteiger partial charge in [-0.15, -0.1) is 0 Å². The summed E-state index contributed by atoms with van der Waals surface area (Å²) in [6.45, 7) is 2.27. The first-order valence-electron chi connectivity index (χ1n) is 5.20. The van der Waals surface area contributed by atoms with E-state index in [1.165, 1.54) is 0 Å². The maximum absolute atomic E-state index is 5.85. The quantitative estimate of drug-likeness (QED) is 0.842. The molecule has 0 amide bonds. The van der Waals surface area contributed by atoms with Crippen LogP contribution in [0.3, 0.4) is 0 Å². The lowest BCUT2D eigenvalue weighted by molar-refractivity contribution is 0.00392. The molecule has 0 fully saturated rings. The summed E-state index contributed by atoms with van der Waals surface area (Å²) in [7, 11) is 0. The summed E-state index contributed by atoms with van der Waals surface area (Å²) in [6, 6.07) is 7.23. The van der Waals surface area contributed by atoms with E-state index in [0.29, 0.717) is 6.61 Å². The molecule has 0 aliphatic rings. The van der Waals surface area contributed by atoms with Crippen LogP contribution in [0.25, 0.3) is 0 Å². The van der Waals surface area contributed by atoms with Crippen molar-refractivity contribution in [3.05, 3.63) is 48.3 Å². The fraction of sp³-hybridized carbons (Fsp3) is 0.333. The zero-order valence-corrected chi connectivity index (χ0v) is 9.13. The van der Waals surface area contributed by atoms with Crippen molar-refractivity contribution >= 4 is 0 Å². The summed E-state index contributed by atoms with van der Waals surface area (Å²) < 4.78 is 16.2. The number of nitrogens with two attached hydrogens (primary N) is 1. The Hall–Kier alpha value is -1.52. The van der Waals surface area contributed by atoms with E-state index >= 15 is 0 Å². The monoisotopic (exact) mass is 221 g/mol. The molecule has 0 spiro atoms. The van der Waals surface area contributed by atoms with Crippen molar-refractivity contribution in [3.63, 3.8) is 0 Å². The molecule has 0 aliphatic carbocycles. The van der Waals surface area contributed by atoms with E-state index in [4.69, 9.17) is 19.3 Å². The molecule has 0 radical (unpaired) electrons. The first kappa shape index (κ1) is 11.0. The molecule has 2 aromatic rings. The molecular formula is C12H15NO3. The molecular weight excluding hydrogens is 206 g/mol. The van der Waals surface area contributed by atoms with Gasteiger partial charge in [-0.25, -0.2) is 0 Å². The fourth-order valence-corrected chi connectivity index (χ4v) is 1.51. The normalized spacial score (nSPS) is 14.9. The highest BCUT2D eigenvalue weighted by atomic mass is 16.5. The second-order valence-electron chi connectivity index (χ2n) is 3.69. The zero-order chi connectivity index (χ0) is 11.4. The van der Waals surface area contributed by atoms with Crippen molar-refractivity contribution in [2.45, 2.75) is 25.7 Å². The Balaban J connectivity index is 1.99. The van der Waals surface area contributed by atoms with Gasteiger partial charge in [0.25, 0.3) is 0 Å². The minimum atomic E-state index is -0.250. The highest BCUT2D eigenvalue weighted by Crippen LogP contribution is 2.22. The van der Waals surface area contributed by atoms with Crippen LogP contribution in [0, 0.1) is 0 Å². The molecule has 0 saturated carbocycles. The first-order valence-corrected chi connectivity index (χ1v) is 5.20. The van der Waals surface area contributed by atoms with Crippen molar-refractivity contribution in [1.82, 2.24) is 0 Å². The van der Waals surface area contributed by atoms with Crippen LogP contribution in [0.4, 0.5) is 0 Å². The minimum Gasteiger partial charge on any atom is -0.467 e. The third kappa shape index (κ3) is 2.53. The molecule has 0 aromatic carbocycles. The molecule has 4 nitrogen and oxygen atoms in total. The Morgan fingerprint density at radius 3 is 2.56 bits per heavy atom. The first-order chi connectivity index (χ1) is 7.77. The Morgan fingerprint density at radius 1 is 1.25 bits per heavy atom. The van der Waals surface area contributed by atoms with E-state index in [1.807, 2.05) is 31.2 Å². The lowest BCUT2D eigenvalue weighted by Crippen LogP contribution is -2.26. The zero-order valence-electron chi connectivity index (χ0n) is 9.13. The van der Waals surface area contributed by atoms with E-state index in [-0.39, 0.29) is 12.1 Å². The van der Waals surface area contributed by atoms with Crippen LogP contribution in [0.5, 0.6) is 0 Å². The van der Waals surface area contributed by atoms with Crippen LogP contribution in [-0.4, -0.2) is 6.04 Å². The van der Waals surface area contributed by atoms with Gasteiger partial charge in [0.05, 0.1) is 12.5 Å². The van der Waals surface area contributed by atoms with Gasteiger partial charge < -0.3 is 19.3 Å². The third-order valence-corrected chi connectivity index (χ3v) is 2.29. The van der Waals surface area contributed by atoms with Crippen molar-refractivity contribution in [2.24, 2.45) is 5.73 Å². The Bertz CT molecular complexity index is 392. The van der Waals surface area contributed by atoms with Crippen LogP contribution >= 0.6 is 0 Å². The van der Waals surface area contributed by atoms with Crippen LogP contribution in [-0.2, 0) is 11.3 Å². The van der Waals surface area contributed by atoms with Crippen LogP contribution < -0.4 is 5.73 Å². The Labute approximate surface area is 94.0 Å². The number of ether oxygens (including phenoxy) is 1. The van der Waals surface area contributed by atoms with Gasteiger partial charge in [-0.05, 0) is 31.2 Å². The summed E-state index contributed by atoms with van der Waals surface area (Å²) in [4.78, 5) is 0. The summed E-state index contributed by atoms with van der Waals surface area (Å²) in [5, 5.41) is 0.